The smallest absolute Gasteiger partial charge is 0.219 e. The number of fused-ring (bicyclic) bond motifs is 1. The van der Waals surface area contributed by atoms with Crippen molar-refractivity contribution in [1.82, 2.24) is 10.2 Å². The van der Waals surface area contributed by atoms with Crippen LogP contribution in [0.5, 0.6) is 5.75 Å². The van der Waals surface area contributed by atoms with Crippen molar-refractivity contribution >= 4 is 17.2 Å². The first-order valence-corrected chi connectivity index (χ1v) is 9.87. The highest BCUT2D eigenvalue weighted by Gasteiger charge is 2.43. The highest BCUT2D eigenvalue weighted by atomic mass is 32.1. The van der Waals surface area contributed by atoms with E-state index in [-0.39, 0.29) is 17.6 Å². The topological polar surface area (TPSA) is 41.6 Å². The molecule has 1 amide bonds. The van der Waals surface area contributed by atoms with Crippen LogP contribution in [-0.2, 0) is 11.3 Å². The lowest BCUT2D eigenvalue weighted by molar-refractivity contribution is -0.133. The zero-order valence-electron chi connectivity index (χ0n) is 14.5. The normalized spacial score (nSPS) is 21.6. The summed E-state index contributed by atoms with van der Waals surface area (Å²) in [5.74, 6) is 1.16. The molecule has 2 aromatic rings. The third-order valence-electron chi connectivity index (χ3n) is 5.45. The molecule has 132 valence electrons. The summed E-state index contributed by atoms with van der Waals surface area (Å²) in [6.07, 6.45) is 2.76. The molecule has 1 fully saturated rings. The van der Waals surface area contributed by atoms with Crippen LogP contribution in [0, 0.1) is 0 Å². The van der Waals surface area contributed by atoms with E-state index in [1.165, 1.54) is 11.1 Å². The van der Waals surface area contributed by atoms with E-state index in [4.69, 9.17) is 4.74 Å². The summed E-state index contributed by atoms with van der Waals surface area (Å²) < 4.78 is 6.48. The number of thiophene rings is 1. The van der Waals surface area contributed by atoms with Crippen molar-refractivity contribution in [2.24, 2.45) is 0 Å². The maximum Gasteiger partial charge on any atom is 0.219 e. The number of rotatable bonds is 3. The van der Waals surface area contributed by atoms with E-state index in [0.29, 0.717) is 0 Å². The summed E-state index contributed by atoms with van der Waals surface area (Å²) >= 11 is 1.73. The minimum absolute atomic E-state index is 0.160. The van der Waals surface area contributed by atoms with E-state index >= 15 is 0 Å². The summed E-state index contributed by atoms with van der Waals surface area (Å²) in [6, 6.07) is 10.8. The molecule has 4 nitrogen and oxygen atoms in total. The van der Waals surface area contributed by atoms with E-state index in [0.717, 1.165) is 44.6 Å². The first kappa shape index (κ1) is 16.6. The third kappa shape index (κ3) is 3.44. The average molecular weight is 356 g/mol. The molecule has 0 bridgehead atoms. The molecule has 0 saturated carbocycles. The number of hydrogen-bond donors (Lipinski definition) is 1. The van der Waals surface area contributed by atoms with Crippen molar-refractivity contribution in [2.75, 3.05) is 13.1 Å². The molecular formula is C20H24N2O2S. The van der Waals surface area contributed by atoms with Crippen molar-refractivity contribution in [2.45, 2.75) is 44.4 Å². The number of nitrogens with zero attached hydrogens (tertiary/aromatic N) is 1. The predicted molar refractivity (Wildman–Crippen MR) is 99.8 cm³/mol. The number of piperidine rings is 1. The number of benzene rings is 1. The highest BCUT2D eigenvalue weighted by Crippen LogP contribution is 2.44. The number of nitrogens with one attached hydrogen (secondary N) is 1. The Hall–Kier alpha value is -1.85. The van der Waals surface area contributed by atoms with Gasteiger partial charge in [0.2, 0.25) is 5.91 Å². The van der Waals surface area contributed by atoms with Crippen LogP contribution in [0.1, 0.15) is 43.4 Å². The molecule has 0 radical (unpaired) electrons. The first-order chi connectivity index (χ1) is 12.2. The Labute approximate surface area is 152 Å². The Balaban J connectivity index is 1.53. The molecule has 2 aliphatic rings. The Bertz CT molecular complexity index is 736. The second-order valence-corrected chi connectivity index (χ2v) is 7.88. The molecule has 1 aromatic heterocycles. The van der Waals surface area contributed by atoms with Crippen molar-refractivity contribution < 1.29 is 9.53 Å². The van der Waals surface area contributed by atoms with Gasteiger partial charge >= 0.3 is 0 Å². The summed E-state index contributed by atoms with van der Waals surface area (Å²) in [4.78, 5) is 13.6. The van der Waals surface area contributed by atoms with Gasteiger partial charge in [-0.3, -0.25) is 4.79 Å². The van der Waals surface area contributed by atoms with Crippen LogP contribution in [0.4, 0.5) is 0 Å². The molecular weight excluding hydrogens is 332 g/mol. The fourth-order valence-electron chi connectivity index (χ4n) is 3.97. The molecule has 4 rings (SSSR count). The van der Waals surface area contributed by atoms with E-state index in [9.17, 15) is 4.79 Å². The number of hydrogen-bond acceptors (Lipinski definition) is 4. The van der Waals surface area contributed by atoms with Gasteiger partial charge in [-0.05, 0) is 28.5 Å². The van der Waals surface area contributed by atoms with Crippen LogP contribution in [0.15, 0.2) is 41.1 Å². The minimum atomic E-state index is -0.160. The average Bonchev–Trinajstić information content (AvgIpc) is 3.13. The molecule has 3 heterocycles. The Morgan fingerprint density at radius 2 is 2.12 bits per heavy atom. The molecule has 1 saturated heterocycles. The summed E-state index contributed by atoms with van der Waals surface area (Å²) in [5, 5.41) is 8.04. The van der Waals surface area contributed by atoms with Crippen LogP contribution in [0.25, 0.3) is 0 Å². The van der Waals surface area contributed by atoms with E-state index < -0.39 is 0 Å². The molecule has 1 spiro atoms. The number of carbonyl (C=O) groups excluding carboxylic acids is 1. The zero-order valence-corrected chi connectivity index (χ0v) is 15.3. The number of amides is 1. The molecule has 1 atom stereocenters. The highest BCUT2D eigenvalue weighted by molar-refractivity contribution is 7.07. The van der Waals surface area contributed by atoms with Gasteiger partial charge in [-0.25, -0.2) is 0 Å². The van der Waals surface area contributed by atoms with Crippen molar-refractivity contribution in [1.29, 1.82) is 0 Å². The van der Waals surface area contributed by atoms with E-state index in [1.54, 1.807) is 18.3 Å². The largest absolute Gasteiger partial charge is 0.487 e. The molecule has 5 heteroatoms. The van der Waals surface area contributed by atoms with Crippen molar-refractivity contribution in [3.05, 3.63) is 52.2 Å². The van der Waals surface area contributed by atoms with Gasteiger partial charge in [0.15, 0.2) is 0 Å². The van der Waals surface area contributed by atoms with E-state index in [1.807, 2.05) is 11.0 Å². The molecule has 25 heavy (non-hydrogen) atoms. The summed E-state index contributed by atoms with van der Waals surface area (Å²) in [5.41, 5.74) is 2.42. The van der Waals surface area contributed by atoms with Crippen LogP contribution >= 0.6 is 11.3 Å². The zero-order chi connectivity index (χ0) is 17.3. The fourth-order valence-corrected chi connectivity index (χ4v) is 4.64. The minimum Gasteiger partial charge on any atom is -0.487 e. The van der Waals surface area contributed by atoms with Gasteiger partial charge in [0.25, 0.3) is 0 Å². The lowest BCUT2D eigenvalue weighted by atomic mass is 9.80. The number of para-hydroxylation sites is 1. The molecule has 0 aliphatic carbocycles. The standard InChI is InChI=1S/C20H24N2O2S/c1-15(23)22-9-7-20(8-10-22)12-18(21-13-16-6-11-25-14-16)17-4-2-3-5-19(17)24-20/h2-6,11,14,18,21H,7-10,12-13H2,1H3. The van der Waals surface area contributed by atoms with Crippen LogP contribution < -0.4 is 10.1 Å². The summed E-state index contributed by atoms with van der Waals surface area (Å²) in [7, 11) is 0. The third-order valence-corrected chi connectivity index (χ3v) is 6.18. The first-order valence-electron chi connectivity index (χ1n) is 8.93. The Kier molecular flexibility index (Phi) is 4.52. The lowest BCUT2D eigenvalue weighted by Gasteiger charge is -2.47. The second kappa shape index (κ2) is 6.81. The quantitative estimate of drug-likeness (QED) is 0.911. The van der Waals surface area contributed by atoms with Crippen molar-refractivity contribution in [3.8, 4) is 5.75 Å². The van der Waals surface area contributed by atoms with Gasteiger partial charge < -0.3 is 15.0 Å². The van der Waals surface area contributed by atoms with Gasteiger partial charge in [0, 0.05) is 57.4 Å². The van der Waals surface area contributed by atoms with Gasteiger partial charge in [-0.2, -0.15) is 11.3 Å². The number of carbonyl (C=O) groups is 1. The SMILES string of the molecule is CC(=O)N1CCC2(CC1)CC(NCc1ccsc1)c1ccccc1O2. The van der Waals surface area contributed by atoms with Crippen LogP contribution in [0.2, 0.25) is 0 Å². The second-order valence-electron chi connectivity index (χ2n) is 7.10. The van der Waals surface area contributed by atoms with E-state index in [2.05, 4.69) is 40.3 Å². The maximum absolute atomic E-state index is 11.6. The van der Waals surface area contributed by atoms with Gasteiger partial charge in [-0.1, -0.05) is 18.2 Å². The van der Waals surface area contributed by atoms with Crippen LogP contribution in [0.3, 0.4) is 0 Å². The van der Waals surface area contributed by atoms with Gasteiger partial charge in [0.05, 0.1) is 0 Å². The molecule has 1 unspecified atom stereocenters. The van der Waals surface area contributed by atoms with Gasteiger partial charge in [0.1, 0.15) is 11.4 Å². The fraction of sp³-hybridized carbons (Fsp3) is 0.450. The van der Waals surface area contributed by atoms with Crippen LogP contribution in [-0.4, -0.2) is 29.5 Å². The van der Waals surface area contributed by atoms with Gasteiger partial charge in [-0.15, -0.1) is 0 Å². The maximum atomic E-state index is 11.6. The molecule has 2 aliphatic heterocycles. The Morgan fingerprint density at radius 3 is 2.84 bits per heavy atom. The molecule has 1 aromatic carbocycles. The van der Waals surface area contributed by atoms with Crippen molar-refractivity contribution in [3.63, 3.8) is 0 Å². The number of ether oxygens (including phenoxy) is 1. The predicted octanol–water partition coefficient (Wildman–Crippen LogP) is 3.74. The summed E-state index contributed by atoms with van der Waals surface area (Å²) in [6.45, 7) is 4.10. The number of likely N-dealkylation sites (tertiary alicyclic amines) is 1. The lowest BCUT2D eigenvalue weighted by Crippen LogP contribution is -2.52. The molecule has 1 N–H and O–H groups in total. The monoisotopic (exact) mass is 356 g/mol. The Morgan fingerprint density at radius 1 is 1.32 bits per heavy atom.